The van der Waals surface area contributed by atoms with Crippen molar-refractivity contribution in [3.05, 3.63) is 59.8 Å². The van der Waals surface area contributed by atoms with Crippen LogP contribution in [-0.4, -0.2) is 46.8 Å². The lowest BCUT2D eigenvalue weighted by Crippen LogP contribution is -2.50. The first-order valence-electron chi connectivity index (χ1n) is 8.73. The minimum Gasteiger partial charge on any atom is -0.463 e. The van der Waals surface area contributed by atoms with Crippen molar-refractivity contribution in [2.75, 3.05) is 13.2 Å². The normalized spacial score (nSPS) is 16.2. The molecule has 28 heavy (non-hydrogen) atoms. The molecule has 2 aromatic rings. The van der Waals surface area contributed by atoms with Crippen molar-refractivity contribution in [2.45, 2.75) is 19.9 Å². The van der Waals surface area contributed by atoms with E-state index in [4.69, 9.17) is 9.47 Å². The summed E-state index contributed by atoms with van der Waals surface area (Å²) < 4.78 is 12.0. The molecule has 0 saturated heterocycles. The van der Waals surface area contributed by atoms with Crippen LogP contribution in [0.4, 0.5) is 4.79 Å². The number of ether oxygens (including phenoxy) is 2. The Morgan fingerprint density at radius 1 is 1.18 bits per heavy atom. The molecule has 2 N–H and O–H groups in total. The maximum Gasteiger partial charge on any atom is 0.357 e. The summed E-state index contributed by atoms with van der Waals surface area (Å²) in [4.78, 5) is 40.5. The highest BCUT2D eigenvalue weighted by Gasteiger charge is 2.30. The van der Waals surface area contributed by atoms with E-state index in [0.29, 0.717) is 0 Å². The van der Waals surface area contributed by atoms with Crippen LogP contribution in [0.1, 0.15) is 24.3 Å². The van der Waals surface area contributed by atoms with Crippen LogP contribution in [0.3, 0.4) is 0 Å². The number of imidazole rings is 1. The predicted molar refractivity (Wildman–Crippen MR) is 98.6 cm³/mol. The first-order valence-corrected chi connectivity index (χ1v) is 8.73. The molecule has 0 unspecified atom stereocenters. The number of benzene rings is 1. The maximum absolute atomic E-state index is 12.6. The van der Waals surface area contributed by atoms with Crippen molar-refractivity contribution in [1.29, 1.82) is 0 Å². The van der Waals surface area contributed by atoms with E-state index in [2.05, 4.69) is 15.6 Å². The number of hydrogen-bond acceptors (Lipinski definition) is 6. The summed E-state index contributed by atoms with van der Waals surface area (Å²) in [5.74, 6) is -1.22. The minimum atomic E-state index is -0.641. The summed E-state index contributed by atoms with van der Waals surface area (Å²) in [6.07, 6.45) is 2.89. The van der Waals surface area contributed by atoms with E-state index in [1.54, 1.807) is 18.4 Å². The Hall–Kier alpha value is -3.62. The van der Waals surface area contributed by atoms with E-state index in [-0.39, 0.29) is 30.2 Å². The van der Waals surface area contributed by atoms with Crippen LogP contribution in [-0.2, 0) is 14.3 Å². The smallest absolute Gasteiger partial charge is 0.357 e. The van der Waals surface area contributed by atoms with Gasteiger partial charge < -0.3 is 20.1 Å². The Balaban J connectivity index is 1.80. The zero-order chi connectivity index (χ0) is 20.1. The van der Waals surface area contributed by atoms with Gasteiger partial charge in [0, 0.05) is 5.69 Å². The van der Waals surface area contributed by atoms with Crippen molar-refractivity contribution in [3.8, 4) is 5.69 Å². The lowest BCUT2D eigenvalue weighted by Gasteiger charge is -2.26. The first kappa shape index (κ1) is 19.2. The fourth-order valence-electron chi connectivity index (χ4n) is 2.85. The fraction of sp³-hybridized carbons (Fsp3) is 0.263. The second kappa shape index (κ2) is 8.38. The maximum atomic E-state index is 12.6. The molecule has 146 valence electrons. The van der Waals surface area contributed by atoms with Gasteiger partial charge in [0.05, 0.1) is 36.4 Å². The third-order valence-electron chi connectivity index (χ3n) is 4.10. The number of aromatic nitrogens is 2. The second-order valence-electron chi connectivity index (χ2n) is 5.99. The largest absolute Gasteiger partial charge is 0.463 e. The van der Waals surface area contributed by atoms with Crippen molar-refractivity contribution < 1.29 is 23.9 Å². The van der Waals surface area contributed by atoms with Crippen LogP contribution in [0, 0.1) is 0 Å². The summed E-state index contributed by atoms with van der Waals surface area (Å²) in [7, 11) is 0. The molecule has 1 aromatic carbocycles. The van der Waals surface area contributed by atoms with Crippen LogP contribution in [0.2, 0.25) is 0 Å². The standard InChI is InChI=1S/C19H20N4O5/c1-3-27-18(25)16-12(2)21-19(26)22-14(16)10-28-17(24)15-9-20-11-23(15)13-7-5-4-6-8-13/h4-9,11-12H,3,10H2,1-2H3,(H2,21,22,26)/t12-/m1/s1. The Kier molecular flexibility index (Phi) is 5.73. The molecule has 2 heterocycles. The number of nitrogens with one attached hydrogen (secondary N) is 2. The molecular formula is C19H20N4O5. The number of esters is 2. The summed E-state index contributed by atoms with van der Waals surface area (Å²) >= 11 is 0. The first-order chi connectivity index (χ1) is 13.5. The molecule has 0 saturated carbocycles. The lowest BCUT2D eigenvalue weighted by molar-refractivity contribution is -0.139. The quantitative estimate of drug-likeness (QED) is 0.731. The topological polar surface area (TPSA) is 112 Å². The molecule has 3 rings (SSSR count). The van der Waals surface area contributed by atoms with Crippen LogP contribution >= 0.6 is 0 Å². The molecule has 9 nitrogen and oxygen atoms in total. The number of hydrogen-bond donors (Lipinski definition) is 2. The van der Waals surface area contributed by atoms with Gasteiger partial charge in [-0.05, 0) is 26.0 Å². The Morgan fingerprint density at radius 2 is 1.93 bits per heavy atom. The van der Waals surface area contributed by atoms with Gasteiger partial charge >= 0.3 is 18.0 Å². The molecular weight excluding hydrogens is 364 g/mol. The molecule has 0 spiro atoms. The van der Waals surface area contributed by atoms with Gasteiger partial charge in [-0.3, -0.25) is 4.57 Å². The van der Waals surface area contributed by atoms with Gasteiger partial charge in [0.1, 0.15) is 6.61 Å². The van der Waals surface area contributed by atoms with Crippen LogP contribution in [0.15, 0.2) is 54.1 Å². The number of urea groups is 1. The molecule has 1 aliphatic heterocycles. The number of carbonyl (C=O) groups is 3. The number of carbonyl (C=O) groups excluding carboxylic acids is 3. The van der Waals surface area contributed by atoms with Crippen molar-refractivity contribution >= 4 is 18.0 Å². The molecule has 0 fully saturated rings. The van der Waals surface area contributed by atoms with E-state index < -0.39 is 24.0 Å². The highest BCUT2D eigenvalue weighted by atomic mass is 16.5. The number of amides is 2. The molecule has 0 aliphatic carbocycles. The third kappa shape index (κ3) is 4.03. The van der Waals surface area contributed by atoms with Crippen molar-refractivity contribution in [1.82, 2.24) is 20.2 Å². The average molecular weight is 384 g/mol. The van der Waals surface area contributed by atoms with Gasteiger partial charge in [-0.25, -0.2) is 19.4 Å². The van der Waals surface area contributed by atoms with Gasteiger partial charge in [0.25, 0.3) is 0 Å². The molecule has 0 bridgehead atoms. The fourth-order valence-corrected chi connectivity index (χ4v) is 2.85. The second-order valence-corrected chi connectivity index (χ2v) is 5.99. The summed E-state index contributed by atoms with van der Waals surface area (Å²) in [5.41, 5.74) is 1.37. The SMILES string of the molecule is CCOC(=O)C1=C(COC(=O)c2cncn2-c2ccccc2)NC(=O)N[C@@H]1C. The number of rotatable bonds is 6. The number of nitrogens with zero attached hydrogens (tertiary/aromatic N) is 2. The summed E-state index contributed by atoms with van der Waals surface area (Å²) in [6, 6.07) is 8.14. The summed E-state index contributed by atoms with van der Waals surface area (Å²) in [6.45, 7) is 3.23. The molecule has 9 heteroatoms. The zero-order valence-corrected chi connectivity index (χ0v) is 15.5. The van der Waals surface area contributed by atoms with Gasteiger partial charge in [0.15, 0.2) is 5.69 Å². The molecule has 2 amide bonds. The Bertz CT molecular complexity index is 919. The molecule has 0 radical (unpaired) electrons. The average Bonchev–Trinajstić information content (AvgIpc) is 3.16. The molecule has 1 aliphatic rings. The van der Waals surface area contributed by atoms with Crippen LogP contribution in [0.5, 0.6) is 0 Å². The molecule has 1 atom stereocenters. The molecule has 1 aromatic heterocycles. The van der Waals surface area contributed by atoms with E-state index >= 15 is 0 Å². The summed E-state index contributed by atoms with van der Waals surface area (Å²) in [5, 5.41) is 5.09. The monoisotopic (exact) mass is 384 g/mol. The van der Waals surface area contributed by atoms with E-state index in [0.717, 1.165) is 5.69 Å². The van der Waals surface area contributed by atoms with E-state index in [1.165, 1.54) is 12.5 Å². The van der Waals surface area contributed by atoms with E-state index in [1.807, 2.05) is 30.3 Å². The van der Waals surface area contributed by atoms with Crippen molar-refractivity contribution in [2.24, 2.45) is 0 Å². The van der Waals surface area contributed by atoms with Gasteiger partial charge in [-0.15, -0.1) is 0 Å². The van der Waals surface area contributed by atoms with Crippen LogP contribution in [0.25, 0.3) is 5.69 Å². The lowest BCUT2D eigenvalue weighted by atomic mass is 10.0. The Labute approximate surface area is 161 Å². The minimum absolute atomic E-state index is 0.187. The third-order valence-corrected chi connectivity index (χ3v) is 4.10. The van der Waals surface area contributed by atoms with E-state index in [9.17, 15) is 14.4 Å². The predicted octanol–water partition coefficient (Wildman–Crippen LogP) is 1.55. The highest BCUT2D eigenvalue weighted by molar-refractivity contribution is 5.95. The zero-order valence-electron chi connectivity index (χ0n) is 15.5. The van der Waals surface area contributed by atoms with Gasteiger partial charge in [-0.2, -0.15) is 0 Å². The van der Waals surface area contributed by atoms with Gasteiger partial charge in [-0.1, -0.05) is 18.2 Å². The Morgan fingerprint density at radius 3 is 2.64 bits per heavy atom. The van der Waals surface area contributed by atoms with Crippen molar-refractivity contribution in [3.63, 3.8) is 0 Å². The van der Waals surface area contributed by atoms with Crippen LogP contribution < -0.4 is 10.6 Å². The number of para-hydroxylation sites is 1. The van der Waals surface area contributed by atoms with Gasteiger partial charge in [0.2, 0.25) is 0 Å². The highest BCUT2D eigenvalue weighted by Crippen LogP contribution is 2.16.